The Morgan fingerprint density at radius 1 is 1.67 bits per heavy atom. The average molecular weight is 225 g/mol. The SMILES string of the molecule is NC(CSS(=O)(=O)O)C(=O)O.[H-].[Na+]. The molecule has 0 spiro atoms. The number of hydrogen-bond donors (Lipinski definition) is 3. The zero-order chi connectivity index (χ0) is 9.07. The van der Waals surface area contributed by atoms with E-state index in [0.717, 1.165) is 0 Å². The first kappa shape index (κ1) is 15.2. The number of rotatable bonds is 4. The average Bonchev–Trinajstić information content (AvgIpc) is 1.80. The molecule has 0 saturated heterocycles. The topological polar surface area (TPSA) is 118 Å². The van der Waals surface area contributed by atoms with Crippen LogP contribution in [0.1, 0.15) is 1.43 Å². The summed E-state index contributed by atoms with van der Waals surface area (Å²) in [7, 11) is -4.09. The second-order valence-electron chi connectivity index (χ2n) is 1.66. The van der Waals surface area contributed by atoms with Crippen molar-refractivity contribution in [3.8, 4) is 0 Å². The summed E-state index contributed by atoms with van der Waals surface area (Å²) in [4.78, 5) is 10.0. The minimum atomic E-state index is -4.18. The monoisotopic (exact) mass is 225 g/mol. The minimum Gasteiger partial charge on any atom is -1.00 e. The fraction of sp³-hybridized carbons (Fsp3) is 0.667. The smallest absolute Gasteiger partial charge is 1.00 e. The van der Waals surface area contributed by atoms with Gasteiger partial charge < -0.3 is 12.3 Å². The van der Waals surface area contributed by atoms with Crippen molar-refractivity contribution < 1.29 is 53.9 Å². The van der Waals surface area contributed by atoms with E-state index in [1.54, 1.807) is 0 Å². The first-order chi connectivity index (χ1) is 4.83. The van der Waals surface area contributed by atoms with Gasteiger partial charge in [0.25, 0.3) is 0 Å². The van der Waals surface area contributed by atoms with Gasteiger partial charge in [0, 0.05) is 5.75 Å². The van der Waals surface area contributed by atoms with E-state index in [0.29, 0.717) is 0 Å². The molecule has 0 radical (unpaired) electrons. The molecule has 68 valence electrons. The van der Waals surface area contributed by atoms with Gasteiger partial charge in [0.2, 0.25) is 0 Å². The molecule has 1 unspecified atom stereocenters. The molecule has 0 bridgehead atoms. The molecule has 0 fully saturated rings. The van der Waals surface area contributed by atoms with Crippen LogP contribution in [0.2, 0.25) is 0 Å². The zero-order valence-corrected chi connectivity index (χ0v) is 9.93. The standard InChI is InChI=1S/C3H7NO5S2.Na.H/c4-2(3(5)6)1-10-11(7,8)9;;/h2H,1,4H2,(H,5,6)(H,7,8,9);;/q;+1;-1. The molecule has 9 heteroatoms. The summed E-state index contributed by atoms with van der Waals surface area (Å²) in [6.07, 6.45) is 0. The predicted octanol–water partition coefficient (Wildman–Crippen LogP) is -3.95. The van der Waals surface area contributed by atoms with Crippen molar-refractivity contribution in [2.24, 2.45) is 5.73 Å². The molecular formula is C3H8NNaO5S2. The maximum absolute atomic E-state index is 10.0. The van der Waals surface area contributed by atoms with Gasteiger partial charge in [0.05, 0.1) is 0 Å². The van der Waals surface area contributed by atoms with Gasteiger partial charge in [-0.15, -0.1) is 0 Å². The van der Waals surface area contributed by atoms with Crippen LogP contribution in [0.5, 0.6) is 0 Å². The Bertz CT molecular complexity index is 244. The van der Waals surface area contributed by atoms with E-state index in [9.17, 15) is 13.2 Å². The van der Waals surface area contributed by atoms with Crippen molar-refractivity contribution in [2.75, 3.05) is 5.75 Å². The van der Waals surface area contributed by atoms with Crippen molar-refractivity contribution in [3.05, 3.63) is 0 Å². The second-order valence-corrected chi connectivity index (χ2v) is 5.05. The van der Waals surface area contributed by atoms with Crippen LogP contribution >= 0.6 is 10.8 Å². The van der Waals surface area contributed by atoms with E-state index >= 15 is 0 Å². The Kier molecular flexibility index (Phi) is 7.83. The van der Waals surface area contributed by atoms with Gasteiger partial charge >= 0.3 is 44.7 Å². The predicted molar refractivity (Wildman–Crippen MR) is 40.7 cm³/mol. The molecule has 0 aromatic carbocycles. The van der Waals surface area contributed by atoms with Crippen LogP contribution < -0.4 is 35.3 Å². The van der Waals surface area contributed by atoms with Gasteiger partial charge in [-0.25, -0.2) is 0 Å². The molecule has 0 heterocycles. The van der Waals surface area contributed by atoms with E-state index < -0.39 is 21.2 Å². The molecule has 6 nitrogen and oxygen atoms in total. The summed E-state index contributed by atoms with van der Waals surface area (Å²) in [5.74, 6) is -1.67. The summed E-state index contributed by atoms with van der Waals surface area (Å²) >= 11 is 0. The third-order valence-corrected chi connectivity index (χ3v) is 2.81. The van der Waals surface area contributed by atoms with Gasteiger partial charge in [0.1, 0.15) is 6.04 Å². The van der Waals surface area contributed by atoms with Crippen LogP contribution in [0.3, 0.4) is 0 Å². The molecule has 0 aliphatic heterocycles. The number of carboxylic acid groups (broad SMARTS) is 1. The van der Waals surface area contributed by atoms with Gasteiger partial charge in [0.15, 0.2) is 0 Å². The molecule has 12 heavy (non-hydrogen) atoms. The van der Waals surface area contributed by atoms with Crippen LogP contribution in [0.4, 0.5) is 0 Å². The van der Waals surface area contributed by atoms with E-state index in [-0.39, 0.29) is 47.5 Å². The van der Waals surface area contributed by atoms with E-state index in [4.69, 9.17) is 15.4 Å². The maximum atomic E-state index is 10.0. The Morgan fingerprint density at radius 2 is 2.08 bits per heavy atom. The molecule has 0 aromatic heterocycles. The summed E-state index contributed by atoms with van der Waals surface area (Å²) in [5.41, 5.74) is 4.93. The van der Waals surface area contributed by atoms with Crippen LogP contribution in [0.15, 0.2) is 0 Å². The fourth-order valence-electron chi connectivity index (χ4n) is 0.231. The largest absolute Gasteiger partial charge is 1.00 e. The van der Waals surface area contributed by atoms with Crippen molar-refractivity contribution in [1.29, 1.82) is 0 Å². The Labute approximate surface area is 96.8 Å². The number of carbonyl (C=O) groups is 1. The molecular weight excluding hydrogens is 217 g/mol. The van der Waals surface area contributed by atoms with E-state index in [1.165, 1.54) is 0 Å². The Morgan fingerprint density at radius 3 is 2.33 bits per heavy atom. The Hall–Kier alpha value is 0.690. The first-order valence-electron chi connectivity index (χ1n) is 2.43. The van der Waals surface area contributed by atoms with Gasteiger partial charge in [-0.05, 0) is 10.8 Å². The maximum Gasteiger partial charge on any atom is 1.00 e. The van der Waals surface area contributed by atoms with Gasteiger partial charge in [-0.2, -0.15) is 8.42 Å². The molecule has 0 saturated carbocycles. The zero-order valence-electron chi connectivity index (χ0n) is 7.30. The molecule has 1 atom stereocenters. The van der Waals surface area contributed by atoms with E-state index in [2.05, 4.69) is 0 Å². The van der Waals surface area contributed by atoms with E-state index in [1.807, 2.05) is 0 Å². The third-order valence-electron chi connectivity index (χ3n) is 0.714. The molecule has 0 rings (SSSR count). The second kappa shape index (κ2) is 6.19. The summed E-state index contributed by atoms with van der Waals surface area (Å²) in [6.45, 7) is 0. The van der Waals surface area contributed by atoms with Crippen LogP contribution in [0, 0.1) is 0 Å². The van der Waals surface area contributed by atoms with Crippen molar-refractivity contribution in [1.82, 2.24) is 0 Å². The summed E-state index contributed by atoms with van der Waals surface area (Å²) in [5, 5.41) is 8.16. The van der Waals surface area contributed by atoms with Crippen LogP contribution in [-0.4, -0.2) is 35.8 Å². The molecule has 0 amide bonds. The number of nitrogens with two attached hydrogens (primary N) is 1. The molecule has 4 N–H and O–H groups in total. The molecule has 0 aliphatic rings. The van der Waals surface area contributed by atoms with Gasteiger partial charge in [-0.3, -0.25) is 9.35 Å². The Balaban J connectivity index is -0.000000500. The first-order valence-corrected chi connectivity index (χ1v) is 5.37. The fourth-order valence-corrected chi connectivity index (χ4v) is 1.65. The summed E-state index contributed by atoms with van der Waals surface area (Å²) in [6, 6.07) is -1.28. The van der Waals surface area contributed by atoms with Gasteiger partial charge in [-0.1, -0.05) is 0 Å². The number of hydrogen-bond acceptors (Lipinski definition) is 5. The normalized spacial score (nSPS) is 13.2. The number of carboxylic acids is 1. The molecule has 0 aliphatic carbocycles. The van der Waals surface area contributed by atoms with Crippen LogP contribution in [-0.2, 0) is 13.9 Å². The minimum absolute atomic E-state index is 0. The van der Waals surface area contributed by atoms with Crippen molar-refractivity contribution >= 4 is 25.9 Å². The van der Waals surface area contributed by atoms with Crippen molar-refractivity contribution in [3.63, 3.8) is 0 Å². The number of aliphatic carboxylic acids is 1. The van der Waals surface area contributed by atoms with Crippen molar-refractivity contribution in [2.45, 2.75) is 6.04 Å². The molecule has 0 aromatic rings. The quantitative estimate of drug-likeness (QED) is 0.254. The summed E-state index contributed by atoms with van der Waals surface area (Å²) < 4.78 is 28.2. The van der Waals surface area contributed by atoms with Crippen LogP contribution in [0.25, 0.3) is 0 Å². The third kappa shape index (κ3) is 8.78.